The van der Waals surface area contributed by atoms with Crippen molar-refractivity contribution in [1.29, 1.82) is 0 Å². The molecule has 0 fully saturated rings. The summed E-state index contributed by atoms with van der Waals surface area (Å²) in [7, 11) is 0. The molecule has 0 aliphatic carbocycles. The van der Waals surface area contributed by atoms with Gasteiger partial charge in [0, 0.05) is 26.4 Å². The van der Waals surface area contributed by atoms with E-state index in [4.69, 9.17) is 9.15 Å². The van der Waals surface area contributed by atoms with E-state index in [0.29, 0.717) is 33.1 Å². The van der Waals surface area contributed by atoms with Gasteiger partial charge in [0.1, 0.15) is 5.52 Å². The summed E-state index contributed by atoms with van der Waals surface area (Å²) in [5, 5.41) is 6.45. The number of anilines is 1. The molecule has 0 saturated heterocycles. The predicted octanol–water partition coefficient (Wildman–Crippen LogP) is 7.33. The lowest BCUT2D eigenvalue weighted by Crippen LogP contribution is -2.21. The smallest absolute Gasteiger partial charge is 0.339 e. The minimum atomic E-state index is -0.621. The number of ether oxygens (including phenoxy) is 1. The number of hydrogen-bond donors (Lipinski definition) is 1. The van der Waals surface area contributed by atoms with Gasteiger partial charge in [0.25, 0.3) is 5.91 Å². The molecule has 0 radical (unpaired) electrons. The number of esters is 1. The number of amides is 1. The maximum Gasteiger partial charge on any atom is 0.339 e. The highest BCUT2D eigenvalue weighted by molar-refractivity contribution is 9.10. The molecule has 0 spiro atoms. The van der Waals surface area contributed by atoms with Gasteiger partial charge in [0.05, 0.1) is 11.3 Å². The van der Waals surface area contributed by atoms with Crippen molar-refractivity contribution in [1.82, 2.24) is 9.97 Å². The lowest BCUT2D eigenvalue weighted by Gasteiger charge is -2.10. The van der Waals surface area contributed by atoms with Gasteiger partial charge in [-0.15, -0.1) is 11.3 Å². The average molecular weight is 584 g/mol. The SMILES string of the molecule is O=C(COC(=O)c1cccc2cccc(-c3nc4ccccc4o3)c12)Nc1nc(-c2ccc(Br)cc2)cs1. The van der Waals surface area contributed by atoms with Crippen LogP contribution in [0, 0.1) is 0 Å². The summed E-state index contributed by atoms with van der Waals surface area (Å²) >= 11 is 4.71. The number of hydrogen-bond acceptors (Lipinski definition) is 7. The van der Waals surface area contributed by atoms with Crippen LogP contribution in [-0.2, 0) is 9.53 Å². The van der Waals surface area contributed by atoms with Crippen LogP contribution in [0.2, 0.25) is 0 Å². The molecule has 1 amide bonds. The summed E-state index contributed by atoms with van der Waals surface area (Å²) < 4.78 is 12.3. The van der Waals surface area contributed by atoms with E-state index in [0.717, 1.165) is 26.6 Å². The molecule has 9 heteroatoms. The first-order valence-electron chi connectivity index (χ1n) is 11.6. The van der Waals surface area contributed by atoms with E-state index in [1.54, 1.807) is 12.1 Å². The Bertz CT molecular complexity index is 1770. The zero-order valence-electron chi connectivity index (χ0n) is 19.7. The third kappa shape index (κ3) is 4.81. The maximum absolute atomic E-state index is 13.1. The zero-order chi connectivity index (χ0) is 26.1. The number of carbonyl (C=O) groups is 2. The highest BCUT2D eigenvalue weighted by atomic mass is 79.9. The van der Waals surface area contributed by atoms with Crippen LogP contribution in [0.1, 0.15) is 10.4 Å². The quantitative estimate of drug-likeness (QED) is 0.206. The first-order valence-corrected chi connectivity index (χ1v) is 13.3. The third-order valence-corrected chi connectivity index (χ3v) is 7.16. The Kier molecular flexibility index (Phi) is 6.45. The van der Waals surface area contributed by atoms with Gasteiger partial charge >= 0.3 is 5.97 Å². The van der Waals surface area contributed by atoms with Crippen LogP contribution < -0.4 is 5.32 Å². The highest BCUT2D eigenvalue weighted by Gasteiger charge is 2.19. The number of oxazole rings is 1. The van der Waals surface area contributed by atoms with Gasteiger partial charge in [-0.2, -0.15) is 0 Å². The second-order valence-electron chi connectivity index (χ2n) is 8.37. The number of fused-ring (bicyclic) bond motifs is 2. The van der Waals surface area contributed by atoms with E-state index in [2.05, 4.69) is 31.2 Å². The number of halogens is 1. The monoisotopic (exact) mass is 583 g/mol. The van der Waals surface area contributed by atoms with Crippen molar-refractivity contribution in [2.75, 3.05) is 11.9 Å². The summed E-state index contributed by atoms with van der Waals surface area (Å²) in [5.41, 5.74) is 4.04. The van der Waals surface area contributed by atoms with Gasteiger partial charge < -0.3 is 9.15 Å². The summed E-state index contributed by atoms with van der Waals surface area (Å²) in [6.07, 6.45) is 0. The zero-order valence-corrected chi connectivity index (χ0v) is 22.1. The molecule has 0 unspecified atom stereocenters. The summed E-state index contributed by atoms with van der Waals surface area (Å²) in [4.78, 5) is 34.7. The molecule has 2 heterocycles. The van der Waals surface area contributed by atoms with Crippen LogP contribution in [0.5, 0.6) is 0 Å². The lowest BCUT2D eigenvalue weighted by molar-refractivity contribution is -0.119. The molecular formula is C29H18BrN3O4S. The third-order valence-electron chi connectivity index (χ3n) is 5.87. The fraction of sp³-hybridized carbons (Fsp3) is 0.0345. The normalized spacial score (nSPS) is 11.1. The van der Waals surface area contributed by atoms with E-state index in [1.165, 1.54) is 11.3 Å². The molecular weight excluding hydrogens is 566 g/mol. The molecule has 0 aliphatic rings. The second kappa shape index (κ2) is 10.2. The predicted molar refractivity (Wildman–Crippen MR) is 151 cm³/mol. The molecule has 4 aromatic carbocycles. The number of carbonyl (C=O) groups excluding carboxylic acids is 2. The van der Waals surface area contributed by atoms with Crippen LogP contribution in [0.3, 0.4) is 0 Å². The summed E-state index contributed by atoms with van der Waals surface area (Å²) in [6, 6.07) is 26.2. The fourth-order valence-corrected chi connectivity index (χ4v) is 5.13. The van der Waals surface area contributed by atoms with Crippen LogP contribution in [0.15, 0.2) is 99.2 Å². The summed E-state index contributed by atoms with van der Waals surface area (Å²) in [6.45, 7) is -0.451. The van der Waals surface area contributed by atoms with Crippen molar-refractivity contribution in [2.24, 2.45) is 0 Å². The minimum absolute atomic E-state index is 0.319. The van der Waals surface area contributed by atoms with Crippen molar-refractivity contribution in [3.05, 3.63) is 100 Å². The molecule has 2 aromatic heterocycles. The van der Waals surface area contributed by atoms with Gasteiger partial charge in [-0.25, -0.2) is 14.8 Å². The second-order valence-corrected chi connectivity index (χ2v) is 10.1. The molecule has 1 N–H and O–H groups in total. The number of aromatic nitrogens is 2. The largest absolute Gasteiger partial charge is 0.452 e. The van der Waals surface area contributed by atoms with Gasteiger partial charge in [0.15, 0.2) is 17.3 Å². The van der Waals surface area contributed by atoms with Crippen LogP contribution in [-0.4, -0.2) is 28.5 Å². The van der Waals surface area contributed by atoms with Crippen molar-refractivity contribution >= 4 is 66.1 Å². The molecule has 0 aliphatic heterocycles. The lowest BCUT2D eigenvalue weighted by atomic mass is 9.99. The van der Waals surface area contributed by atoms with E-state index in [-0.39, 0.29) is 0 Å². The topological polar surface area (TPSA) is 94.3 Å². The number of rotatable bonds is 6. The van der Waals surface area contributed by atoms with Gasteiger partial charge in [-0.05, 0) is 41.8 Å². The highest BCUT2D eigenvalue weighted by Crippen LogP contribution is 2.33. The first kappa shape index (κ1) is 24.0. The maximum atomic E-state index is 13.1. The Hall–Kier alpha value is -4.34. The van der Waals surface area contributed by atoms with Crippen molar-refractivity contribution in [2.45, 2.75) is 0 Å². The van der Waals surface area contributed by atoms with Crippen LogP contribution in [0.25, 0.3) is 44.6 Å². The molecule has 38 heavy (non-hydrogen) atoms. The van der Waals surface area contributed by atoms with Gasteiger partial charge in [-0.1, -0.05) is 64.5 Å². The Balaban J connectivity index is 1.20. The Labute approximate surface area is 229 Å². The number of para-hydroxylation sites is 2. The molecule has 0 bridgehead atoms. The summed E-state index contributed by atoms with van der Waals surface area (Å²) in [5.74, 6) is -0.696. The Morgan fingerprint density at radius 2 is 1.71 bits per heavy atom. The number of nitrogens with one attached hydrogen (secondary N) is 1. The van der Waals surface area contributed by atoms with E-state index < -0.39 is 18.5 Å². The van der Waals surface area contributed by atoms with E-state index >= 15 is 0 Å². The standard InChI is InChI=1S/C29H18BrN3O4S/c30-19-13-11-17(12-14-19)23-16-38-29(32-23)33-25(34)15-36-28(35)21-8-4-6-18-5-3-7-20(26(18)21)27-31-22-9-1-2-10-24(22)37-27/h1-14,16H,15H2,(H,32,33,34). The van der Waals surface area contributed by atoms with Crippen LogP contribution >= 0.6 is 27.3 Å². The molecule has 6 aromatic rings. The average Bonchev–Trinajstić information content (AvgIpc) is 3.59. The van der Waals surface area contributed by atoms with Crippen molar-refractivity contribution in [3.63, 3.8) is 0 Å². The van der Waals surface area contributed by atoms with Gasteiger partial charge in [0.2, 0.25) is 5.89 Å². The number of thiazole rings is 1. The first-order chi connectivity index (χ1) is 18.5. The van der Waals surface area contributed by atoms with Gasteiger partial charge in [-0.3, -0.25) is 10.1 Å². The van der Waals surface area contributed by atoms with Crippen molar-refractivity contribution in [3.8, 4) is 22.7 Å². The molecule has 0 atom stereocenters. The number of benzene rings is 4. The Morgan fingerprint density at radius 3 is 2.53 bits per heavy atom. The molecule has 186 valence electrons. The minimum Gasteiger partial charge on any atom is -0.452 e. The van der Waals surface area contributed by atoms with Crippen LogP contribution in [0.4, 0.5) is 5.13 Å². The molecule has 6 rings (SSSR count). The van der Waals surface area contributed by atoms with E-state index in [1.807, 2.05) is 78.2 Å². The fourth-order valence-electron chi connectivity index (χ4n) is 4.13. The number of nitrogens with zero attached hydrogens (tertiary/aromatic N) is 2. The molecule has 0 saturated carbocycles. The van der Waals surface area contributed by atoms with E-state index in [9.17, 15) is 9.59 Å². The molecule has 7 nitrogen and oxygen atoms in total. The Morgan fingerprint density at radius 1 is 0.921 bits per heavy atom. The van der Waals surface area contributed by atoms with Crippen molar-refractivity contribution < 1.29 is 18.7 Å².